The van der Waals surface area contributed by atoms with E-state index in [2.05, 4.69) is 247 Å². The molecule has 11 aromatic carbocycles. The molecule has 13 aromatic rings. The van der Waals surface area contributed by atoms with Gasteiger partial charge in [0, 0.05) is 38.6 Å². The molecule has 73 heavy (non-hydrogen) atoms. The Labute approximate surface area is 424 Å². The Morgan fingerprint density at radius 1 is 0.205 bits per heavy atom. The molecule has 0 amide bonds. The van der Waals surface area contributed by atoms with Crippen molar-refractivity contribution in [3.8, 4) is 107 Å². The van der Waals surface area contributed by atoms with Crippen LogP contribution in [0.4, 0.5) is 0 Å². The fraction of sp³-hybridized carbons (Fsp3) is 0. The van der Waals surface area contributed by atoms with Crippen LogP contribution in [-0.2, 0) is 0 Å². The normalized spacial score (nSPS) is 11.3. The van der Waals surface area contributed by atoms with Crippen molar-refractivity contribution in [3.05, 3.63) is 279 Å². The van der Waals surface area contributed by atoms with Crippen molar-refractivity contribution in [2.45, 2.75) is 0 Å². The Morgan fingerprint density at radius 3 is 0.808 bits per heavy atom. The summed E-state index contributed by atoms with van der Waals surface area (Å²) in [6, 6.07) is 99.5. The van der Waals surface area contributed by atoms with Gasteiger partial charge in [-0.1, -0.05) is 255 Å². The largest absolute Gasteiger partial charge is 0.308 e. The standard InChI is InChI=1S/C69H46N4/c1-7-19-47(20-8-1)51-31-35-53(36-32-51)62-43-59(69-71-67(55-27-15-5-16-28-55)70-68(72-69)56-29-17-6-18-30-56)44-63(54-37-33-52(34-38-54)48-21-9-2-10-22-48)66(62)73-64-45-57(49-23-11-3-12-24-49)39-41-60(64)61-42-40-58(46-65(61)73)50-25-13-4-14-26-50/h1-46H. The molecule has 0 N–H and O–H groups in total. The monoisotopic (exact) mass is 930 g/mol. The molecule has 0 aliphatic carbocycles. The van der Waals surface area contributed by atoms with Crippen molar-refractivity contribution >= 4 is 21.8 Å². The van der Waals surface area contributed by atoms with Crippen molar-refractivity contribution in [2.75, 3.05) is 0 Å². The molecule has 0 unspecified atom stereocenters. The van der Waals surface area contributed by atoms with Crippen LogP contribution >= 0.6 is 0 Å². The molecule has 0 radical (unpaired) electrons. The predicted octanol–water partition coefficient (Wildman–Crippen LogP) is 18.0. The Bertz CT molecular complexity index is 3800. The topological polar surface area (TPSA) is 43.6 Å². The lowest BCUT2D eigenvalue weighted by atomic mass is 9.91. The van der Waals surface area contributed by atoms with Gasteiger partial charge in [-0.15, -0.1) is 0 Å². The van der Waals surface area contributed by atoms with E-state index in [1.807, 2.05) is 36.4 Å². The van der Waals surface area contributed by atoms with E-state index in [9.17, 15) is 0 Å². The van der Waals surface area contributed by atoms with Gasteiger partial charge in [0.25, 0.3) is 0 Å². The first-order valence-corrected chi connectivity index (χ1v) is 24.8. The fourth-order valence-corrected chi connectivity index (χ4v) is 10.2. The second kappa shape index (κ2) is 18.9. The summed E-state index contributed by atoms with van der Waals surface area (Å²) in [5.41, 5.74) is 19.4. The molecule has 4 heteroatoms. The Balaban J connectivity index is 1.15. The van der Waals surface area contributed by atoms with Gasteiger partial charge in [0.1, 0.15) is 0 Å². The minimum atomic E-state index is 0.587. The SMILES string of the molecule is c1ccc(-c2ccc(-c3cc(-c4nc(-c5ccccc5)nc(-c5ccccc5)n4)cc(-c4ccc(-c5ccccc5)cc4)c3-n3c4cc(-c5ccccc5)ccc4c4ccc(-c5ccccc5)cc43)cc2)cc1. The predicted molar refractivity (Wildman–Crippen MR) is 303 cm³/mol. The van der Waals surface area contributed by atoms with E-state index in [1.54, 1.807) is 0 Å². The third-order valence-electron chi connectivity index (χ3n) is 13.9. The highest BCUT2D eigenvalue weighted by Crippen LogP contribution is 2.46. The summed E-state index contributed by atoms with van der Waals surface area (Å²) in [7, 11) is 0. The van der Waals surface area contributed by atoms with E-state index >= 15 is 0 Å². The summed E-state index contributed by atoms with van der Waals surface area (Å²) in [4.78, 5) is 15.8. The molecule has 0 fully saturated rings. The van der Waals surface area contributed by atoms with Gasteiger partial charge in [-0.25, -0.2) is 15.0 Å². The molecular formula is C69H46N4. The van der Waals surface area contributed by atoms with Crippen LogP contribution in [0.25, 0.3) is 128 Å². The van der Waals surface area contributed by atoms with Crippen molar-refractivity contribution < 1.29 is 0 Å². The van der Waals surface area contributed by atoms with Gasteiger partial charge in [0.15, 0.2) is 17.5 Å². The Morgan fingerprint density at radius 2 is 0.466 bits per heavy atom. The third kappa shape index (κ3) is 8.37. The van der Waals surface area contributed by atoms with E-state index in [0.29, 0.717) is 17.5 Å². The molecule has 0 saturated heterocycles. The molecule has 2 heterocycles. The van der Waals surface area contributed by atoms with Crippen LogP contribution in [0.5, 0.6) is 0 Å². The Hall–Kier alpha value is -9.77. The summed E-state index contributed by atoms with van der Waals surface area (Å²) in [6.07, 6.45) is 0. The molecule has 0 aliphatic heterocycles. The van der Waals surface area contributed by atoms with Crippen LogP contribution < -0.4 is 0 Å². The van der Waals surface area contributed by atoms with Crippen molar-refractivity contribution in [3.63, 3.8) is 0 Å². The van der Waals surface area contributed by atoms with Gasteiger partial charge < -0.3 is 4.57 Å². The summed E-state index contributed by atoms with van der Waals surface area (Å²) in [5, 5.41) is 2.35. The number of benzene rings is 11. The van der Waals surface area contributed by atoms with Crippen LogP contribution in [0.2, 0.25) is 0 Å². The van der Waals surface area contributed by atoms with E-state index in [0.717, 1.165) is 89.0 Å². The van der Waals surface area contributed by atoms with Gasteiger partial charge in [-0.2, -0.15) is 0 Å². The molecule has 0 atom stereocenters. The van der Waals surface area contributed by atoms with Crippen molar-refractivity contribution in [1.29, 1.82) is 0 Å². The summed E-state index contributed by atoms with van der Waals surface area (Å²) in [6.45, 7) is 0. The van der Waals surface area contributed by atoms with Gasteiger partial charge in [-0.05, 0) is 79.9 Å². The number of aromatic nitrogens is 4. The molecule has 4 nitrogen and oxygen atoms in total. The zero-order valence-electron chi connectivity index (χ0n) is 39.8. The summed E-state index contributed by atoms with van der Waals surface area (Å²) >= 11 is 0. The van der Waals surface area contributed by atoms with Gasteiger partial charge in [-0.3, -0.25) is 0 Å². The van der Waals surface area contributed by atoms with Crippen molar-refractivity contribution in [2.24, 2.45) is 0 Å². The van der Waals surface area contributed by atoms with E-state index < -0.39 is 0 Å². The van der Waals surface area contributed by atoms with E-state index in [1.165, 1.54) is 21.9 Å². The molecule has 13 rings (SSSR count). The molecule has 0 saturated carbocycles. The number of rotatable bonds is 10. The number of fused-ring (bicyclic) bond motifs is 3. The van der Waals surface area contributed by atoms with Crippen LogP contribution in [0.3, 0.4) is 0 Å². The molecule has 2 aromatic heterocycles. The van der Waals surface area contributed by atoms with Crippen molar-refractivity contribution in [1.82, 2.24) is 19.5 Å². The van der Waals surface area contributed by atoms with Crippen LogP contribution in [0.1, 0.15) is 0 Å². The fourth-order valence-electron chi connectivity index (χ4n) is 10.2. The van der Waals surface area contributed by atoms with Gasteiger partial charge >= 0.3 is 0 Å². The number of nitrogens with zero attached hydrogens (tertiary/aromatic N) is 4. The highest BCUT2D eigenvalue weighted by Gasteiger charge is 2.24. The lowest BCUT2D eigenvalue weighted by molar-refractivity contribution is 1.07. The summed E-state index contributed by atoms with van der Waals surface area (Å²) in [5.74, 6) is 1.81. The maximum Gasteiger partial charge on any atom is 0.164 e. The third-order valence-corrected chi connectivity index (χ3v) is 13.9. The molecule has 0 bridgehead atoms. The minimum Gasteiger partial charge on any atom is -0.308 e. The average Bonchev–Trinajstić information content (AvgIpc) is 3.80. The quantitative estimate of drug-likeness (QED) is 0.137. The van der Waals surface area contributed by atoms with Gasteiger partial charge in [0.2, 0.25) is 0 Å². The second-order valence-electron chi connectivity index (χ2n) is 18.4. The molecular weight excluding hydrogens is 885 g/mol. The first kappa shape index (κ1) is 43.3. The smallest absolute Gasteiger partial charge is 0.164 e. The number of hydrogen-bond donors (Lipinski definition) is 0. The summed E-state index contributed by atoms with van der Waals surface area (Å²) < 4.78 is 2.52. The van der Waals surface area contributed by atoms with E-state index in [4.69, 9.17) is 15.0 Å². The number of hydrogen-bond acceptors (Lipinski definition) is 3. The van der Waals surface area contributed by atoms with Gasteiger partial charge in [0.05, 0.1) is 16.7 Å². The highest BCUT2D eigenvalue weighted by atomic mass is 15.0. The van der Waals surface area contributed by atoms with Crippen LogP contribution in [0, 0.1) is 0 Å². The maximum absolute atomic E-state index is 5.33. The lowest BCUT2D eigenvalue weighted by Gasteiger charge is -2.22. The zero-order chi connectivity index (χ0) is 48.5. The maximum atomic E-state index is 5.33. The first-order valence-electron chi connectivity index (χ1n) is 24.8. The van der Waals surface area contributed by atoms with E-state index in [-0.39, 0.29) is 0 Å². The van der Waals surface area contributed by atoms with Crippen LogP contribution in [0.15, 0.2) is 279 Å². The molecule has 0 spiro atoms. The van der Waals surface area contributed by atoms with Crippen LogP contribution in [-0.4, -0.2) is 19.5 Å². The second-order valence-corrected chi connectivity index (χ2v) is 18.4. The lowest BCUT2D eigenvalue weighted by Crippen LogP contribution is -2.04. The molecule has 0 aliphatic rings. The first-order chi connectivity index (χ1) is 36.2. The Kier molecular flexibility index (Phi) is 11.2. The molecule has 342 valence electrons. The average molecular weight is 931 g/mol. The highest BCUT2D eigenvalue weighted by molar-refractivity contribution is 6.12. The zero-order valence-corrected chi connectivity index (χ0v) is 39.8. The minimum absolute atomic E-state index is 0.587.